The molecule has 0 saturated heterocycles. The van der Waals surface area contributed by atoms with Crippen molar-refractivity contribution in [2.75, 3.05) is 19.0 Å². The molecule has 1 heterocycles. The van der Waals surface area contributed by atoms with Gasteiger partial charge >= 0.3 is 5.97 Å². The van der Waals surface area contributed by atoms with Crippen molar-refractivity contribution in [2.45, 2.75) is 33.3 Å². The van der Waals surface area contributed by atoms with Crippen LogP contribution in [0, 0.1) is 5.92 Å². The fraction of sp³-hybridized carbons (Fsp3) is 0.320. The summed E-state index contributed by atoms with van der Waals surface area (Å²) in [5.74, 6) is 0.300. The number of halogens is 2. The van der Waals surface area contributed by atoms with Gasteiger partial charge in [0.2, 0.25) is 0 Å². The third-order valence-corrected chi connectivity index (χ3v) is 6.45. The van der Waals surface area contributed by atoms with Crippen molar-refractivity contribution in [3.8, 4) is 22.8 Å². The Morgan fingerprint density at radius 2 is 1.83 bits per heavy atom. The molecular weight excluding hydrogens is 511 g/mol. The number of nitrogens with one attached hydrogen (secondary N) is 1. The number of thiazole rings is 1. The minimum Gasteiger partial charge on any atom is -0.493 e. The van der Waals surface area contributed by atoms with E-state index in [1.54, 1.807) is 35.7 Å². The normalized spacial score (nSPS) is 11.7. The lowest BCUT2D eigenvalue weighted by Gasteiger charge is -2.15. The molecule has 0 spiro atoms. The zero-order chi connectivity index (χ0) is 25.5. The zero-order valence-corrected chi connectivity index (χ0v) is 22.1. The molecule has 0 aliphatic heterocycles. The Bertz CT molecular complexity index is 1200. The van der Waals surface area contributed by atoms with E-state index in [1.165, 1.54) is 31.4 Å². The third-order valence-electron chi connectivity index (χ3n) is 4.95. The number of esters is 1. The molecule has 0 saturated carbocycles. The van der Waals surface area contributed by atoms with Gasteiger partial charge in [-0.05, 0) is 49.6 Å². The van der Waals surface area contributed by atoms with Gasteiger partial charge in [0.05, 0.1) is 35.0 Å². The van der Waals surface area contributed by atoms with Gasteiger partial charge in [-0.3, -0.25) is 10.1 Å². The number of benzene rings is 2. The molecule has 1 N–H and O–H groups in total. The summed E-state index contributed by atoms with van der Waals surface area (Å²) in [6.07, 6.45) is -0.152. The van der Waals surface area contributed by atoms with Crippen LogP contribution in [0.2, 0.25) is 10.0 Å². The Balaban J connectivity index is 1.59. The van der Waals surface area contributed by atoms with E-state index >= 15 is 0 Å². The van der Waals surface area contributed by atoms with E-state index in [2.05, 4.69) is 24.1 Å². The SMILES string of the molecule is COc1cc(C(=O)O[C@@H](C)C(=O)Nc2nc(-c3ccc(Cl)c(Cl)c3)cs2)ccc1OCCC(C)C. The largest absolute Gasteiger partial charge is 0.493 e. The fourth-order valence-corrected chi connectivity index (χ4v) is 3.95. The van der Waals surface area contributed by atoms with Gasteiger partial charge in [0.25, 0.3) is 5.91 Å². The van der Waals surface area contributed by atoms with E-state index in [-0.39, 0.29) is 5.56 Å². The monoisotopic (exact) mass is 536 g/mol. The summed E-state index contributed by atoms with van der Waals surface area (Å²) in [6, 6.07) is 9.92. The van der Waals surface area contributed by atoms with Gasteiger partial charge in [-0.25, -0.2) is 9.78 Å². The van der Waals surface area contributed by atoms with Gasteiger partial charge in [-0.15, -0.1) is 11.3 Å². The van der Waals surface area contributed by atoms with E-state index in [4.69, 9.17) is 37.4 Å². The van der Waals surface area contributed by atoms with Crippen molar-refractivity contribution < 1.29 is 23.8 Å². The number of amides is 1. The van der Waals surface area contributed by atoms with E-state index in [0.29, 0.717) is 44.9 Å². The van der Waals surface area contributed by atoms with Gasteiger partial charge in [0, 0.05) is 10.9 Å². The highest BCUT2D eigenvalue weighted by Crippen LogP contribution is 2.31. The molecule has 0 bridgehead atoms. The van der Waals surface area contributed by atoms with Crippen LogP contribution in [0.5, 0.6) is 11.5 Å². The molecular formula is C25H26Cl2N2O5S. The summed E-state index contributed by atoms with van der Waals surface area (Å²) >= 11 is 13.3. The maximum atomic E-state index is 12.6. The smallest absolute Gasteiger partial charge is 0.339 e. The molecule has 35 heavy (non-hydrogen) atoms. The highest BCUT2D eigenvalue weighted by atomic mass is 35.5. The van der Waals surface area contributed by atoms with E-state index in [9.17, 15) is 9.59 Å². The van der Waals surface area contributed by atoms with Crippen molar-refractivity contribution in [2.24, 2.45) is 5.92 Å². The Hall–Kier alpha value is -2.81. The maximum Gasteiger partial charge on any atom is 0.339 e. The molecule has 0 aliphatic rings. The highest BCUT2D eigenvalue weighted by Gasteiger charge is 2.21. The minimum absolute atomic E-state index is 0.244. The molecule has 186 valence electrons. The quantitative estimate of drug-likeness (QED) is 0.289. The number of rotatable bonds is 10. The number of hydrogen-bond donors (Lipinski definition) is 1. The molecule has 1 amide bonds. The minimum atomic E-state index is -1.05. The zero-order valence-electron chi connectivity index (χ0n) is 19.8. The topological polar surface area (TPSA) is 86.8 Å². The molecule has 0 radical (unpaired) electrons. The van der Waals surface area contributed by atoms with Gasteiger partial charge in [0.1, 0.15) is 0 Å². The molecule has 0 aliphatic carbocycles. The van der Waals surface area contributed by atoms with Crippen molar-refractivity contribution in [3.63, 3.8) is 0 Å². The van der Waals surface area contributed by atoms with Crippen LogP contribution in [0.1, 0.15) is 37.6 Å². The van der Waals surface area contributed by atoms with Crippen LogP contribution in [0.15, 0.2) is 41.8 Å². The molecule has 3 rings (SSSR count). The molecule has 0 unspecified atom stereocenters. The third kappa shape index (κ3) is 7.34. The van der Waals surface area contributed by atoms with Crippen LogP contribution in [0.3, 0.4) is 0 Å². The summed E-state index contributed by atoms with van der Waals surface area (Å²) in [4.78, 5) is 29.6. The highest BCUT2D eigenvalue weighted by molar-refractivity contribution is 7.14. The lowest BCUT2D eigenvalue weighted by Crippen LogP contribution is -2.30. The van der Waals surface area contributed by atoms with Gasteiger partial charge in [0.15, 0.2) is 22.7 Å². The van der Waals surface area contributed by atoms with Gasteiger partial charge in [-0.2, -0.15) is 0 Å². The first kappa shape index (κ1) is 26.8. The molecule has 0 fully saturated rings. The molecule has 1 atom stereocenters. The Kier molecular flexibility index (Phi) is 9.37. The Morgan fingerprint density at radius 1 is 1.06 bits per heavy atom. The van der Waals surface area contributed by atoms with Crippen LogP contribution in [0.4, 0.5) is 5.13 Å². The van der Waals surface area contributed by atoms with E-state index in [1.807, 2.05) is 0 Å². The van der Waals surface area contributed by atoms with Crippen LogP contribution in [-0.2, 0) is 9.53 Å². The Morgan fingerprint density at radius 3 is 2.51 bits per heavy atom. The van der Waals surface area contributed by atoms with Gasteiger partial charge < -0.3 is 14.2 Å². The van der Waals surface area contributed by atoms with Crippen molar-refractivity contribution >= 4 is 51.5 Å². The number of methoxy groups -OCH3 is 1. The second kappa shape index (κ2) is 12.2. The summed E-state index contributed by atoms with van der Waals surface area (Å²) in [5.41, 5.74) is 1.64. The van der Waals surface area contributed by atoms with Crippen LogP contribution >= 0.6 is 34.5 Å². The predicted octanol–water partition coefficient (Wildman–Crippen LogP) is 6.73. The second-order valence-electron chi connectivity index (χ2n) is 8.10. The lowest BCUT2D eigenvalue weighted by molar-refractivity contribution is -0.123. The molecule has 1 aromatic heterocycles. The first-order chi connectivity index (χ1) is 16.7. The van der Waals surface area contributed by atoms with E-state index in [0.717, 1.165) is 12.0 Å². The summed E-state index contributed by atoms with van der Waals surface area (Å²) < 4.78 is 16.4. The number of hydrogen-bond acceptors (Lipinski definition) is 7. The number of carbonyl (C=O) groups is 2. The number of ether oxygens (including phenoxy) is 3. The summed E-state index contributed by atoms with van der Waals surface area (Å²) in [5, 5.41) is 5.67. The summed E-state index contributed by atoms with van der Waals surface area (Å²) in [6.45, 7) is 6.25. The second-order valence-corrected chi connectivity index (χ2v) is 9.77. The maximum absolute atomic E-state index is 12.6. The van der Waals surface area contributed by atoms with Crippen molar-refractivity contribution in [1.29, 1.82) is 0 Å². The number of aromatic nitrogens is 1. The lowest BCUT2D eigenvalue weighted by atomic mass is 10.1. The van der Waals surface area contributed by atoms with Gasteiger partial charge in [-0.1, -0.05) is 43.1 Å². The number of anilines is 1. The van der Waals surface area contributed by atoms with Crippen LogP contribution in [-0.4, -0.2) is 36.7 Å². The first-order valence-electron chi connectivity index (χ1n) is 10.9. The van der Waals surface area contributed by atoms with Crippen molar-refractivity contribution in [1.82, 2.24) is 4.98 Å². The predicted molar refractivity (Wildman–Crippen MR) is 139 cm³/mol. The molecule has 10 heteroatoms. The molecule has 2 aromatic carbocycles. The standard InChI is InChI=1S/C25H26Cl2N2O5S/c1-14(2)9-10-33-21-8-6-17(12-22(21)32-4)24(31)34-15(3)23(30)29-25-28-20(13-35-25)16-5-7-18(26)19(27)11-16/h5-8,11-15H,9-10H2,1-4H3,(H,28,29,30)/t15-/m0/s1. The average molecular weight is 537 g/mol. The van der Waals surface area contributed by atoms with E-state index < -0.39 is 18.0 Å². The molecule has 3 aromatic rings. The number of nitrogens with zero attached hydrogens (tertiary/aromatic N) is 1. The Labute approximate surface area is 218 Å². The van der Waals surface area contributed by atoms with Crippen LogP contribution < -0.4 is 14.8 Å². The summed E-state index contributed by atoms with van der Waals surface area (Å²) in [7, 11) is 1.50. The van der Waals surface area contributed by atoms with Crippen molar-refractivity contribution in [3.05, 3.63) is 57.4 Å². The average Bonchev–Trinajstić information content (AvgIpc) is 3.29. The fourth-order valence-electron chi connectivity index (χ4n) is 2.93. The number of carbonyl (C=O) groups excluding carboxylic acids is 2. The van der Waals surface area contributed by atoms with Crippen LogP contribution in [0.25, 0.3) is 11.3 Å². The first-order valence-corrected chi connectivity index (χ1v) is 12.5. The molecule has 7 nitrogen and oxygen atoms in total.